The molecule has 2 atom stereocenters. The molecule has 0 aliphatic heterocycles. The van der Waals surface area contributed by atoms with Crippen molar-refractivity contribution in [2.24, 2.45) is 11.7 Å². The minimum Gasteiger partial charge on any atom is -0.454 e. The fourth-order valence-electron chi connectivity index (χ4n) is 2.67. The number of primary amides is 1. The number of hydrogen-bond donors (Lipinski definition) is 2. The van der Waals surface area contributed by atoms with Crippen LogP contribution in [0.3, 0.4) is 0 Å². The zero-order chi connectivity index (χ0) is 16.2. The lowest BCUT2D eigenvalue weighted by molar-refractivity contribution is -0.122. The van der Waals surface area contributed by atoms with E-state index in [9.17, 15) is 9.59 Å². The number of rotatable bonds is 5. The van der Waals surface area contributed by atoms with Gasteiger partial charge in [-0.25, -0.2) is 0 Å². The van der Waals surface area contributed by atoms with Crippen molar-refractivity contribution in [1.82, 2.24) is 15.1 Å². The molecule has 0 spiro atoms. The number of hydrogen-bond acceptors (Lipinski definition) is 4. The van der Waals surface area contributed by atoms with Gasteiger partial charge < -0.3 is 15.5 Å². The van der Waals surface area contributed by atoms with Gasteiger partial charge in [0.2, 0.25) is 5.91 Å². The SMILES string of the molecule is NC(=O)[C@@H]1CC=CC[C@H]1NC(=O)c1ccc(Cn2cccn2)o1. The Hall–Kier alpha value is -2.83. The molecule has 0 fully saturated rings. The second-order valence-electron chi connectivity index (χ2n) is 5.50. The average Bonchev–Trinajstić information content (AvgIpc) is 3.20. The fourth-order valence-corrected chi connectivity index (χ4v) is 2.67. The van der Waals surface area contributed by atoms with Crippen molar-refractivity contribution in [2.45, 2.75) is 25.4 Å². The monoisotopic (exact) mass is 314 g/mol. The number of carbonyl (C=O) groups is 2. The van der Waals surface area contributed by atoms with Crippen LogP contribution in [0.5, 0.6) is 0 Å². The summed E-state index contributed by atoms with van der Waals surface area (Å²) in [7, 11) is 0. The maximum Gasteiger partial charge on any atom is 0.287 e. The van der Waals surface area contributed by atoms with Gasteiger partial charge in [-0.2, -0.15) is 5.10 Å². The van der Waals surface area contributed by atoms with Crippen LogP contribution >= 0.6 is 0 Å². The number of furan rings is 1. The number of nitrogens with one attached hydrogen (secondary N) is 1. The summed E-state index contributed by atoms with van der Waals surface area (Å²) in [6.45, 7) is 0.455. The van der Waals surface area contributed by atoms with E-state index < -0.39 is 5.91 Å². The Morgan fingerprint density at radius 3 is 2.91 bits per heavy atom. The third-order valence-corrected chi connectivity index (χ3v) is 3.88. The van der Waals surface area contributed by atoms with E-state index in [1.165, 1.54) is 0 Å². The molecule has 23 heavy (non-hydrogen) atoms. The molecule has 0 saturated heterocycles. The molecule has 120 valence electrons. The van der Waals surface area contributed by atoms with Crippen LogP contribution < -0.4 is 11.1 Å². The van der Waals surface area contributed by atoms with Crippen LogP contribution in [0.4, 0.5) is 0 Å². The van der Waals surface area contributed by atoms with Gasteiger partial charge in [-0.3, -0.25) is 14.3 Å². The second kappa shape index (κ2) is 6.51. The van der Waals surface area contributed by atoms with Gasteiger partial charge in [0.1, 0.15) is 5.76 Å². The highest BCUT2D eigenvalue weighted by Gasteiger charge is 2.29. The van der Waals surface area contributed by atoms with E-state index in [-0.39, 0.29) is 23.6 Å². The Bertz CT molecular complexity index is 718. The number of carbonyl (C=O) groups excluding carboxylic acids is 2. The summed E-state index contributed by atoms with van der Waals surface area (Å²) >= 11 is 0. The lowest BCUT2D eigenvalue weighted by Gasteiger charge is -2.26. The Balaban J connectivity index is 1.65. The van der Waals surface area contributed by atoms with Gasteiger partial charge in [0.05, 0.1) is 12.5 Å². The molecule has 7 nitrogen and oxygen atoms in total. The quantitative estimate of drug-likeness (QED) is 0.806. The van der Waals surface area contributed by atoms with E-state index in [1.807, 2.05) is 24.4 Å². The van der Waals surface area contributed by atoms with E-state index in [4.69, 9.17) is 10.2 Å². The van der Waals surface area contributed by atoms with E-state index >= 15 is 0 Å². The maximum atomic E-state index is 12.3. The van der Waals surface area contributed by atoms with Gasteiger partial charge in [-0.15, -0.1) is 0 Å². The average molecular weight is 314 g/mol. The zero-order valence-corrected chi connectivity index (χ0v) is 12.5. The number of amides is 2. The van der Waals surface area contributed by atoms with Gasteiger partial charge in [0.25, 0.3) is 5.91 Å². The minimum absolute atomic E-state index is 0.213. The van der Waals surface area contributed by atoms with Gasteiger partial charge in [-0.1, -0.05) is 12.2 Å². The summed E-state index contributed by atoms with van der Waals surface area (Å²) in [6.07, 6.45) is 8.47. The summed E-state index contributed by atoms with van der Waals surface area (Å²) < 4.78 is 7.25. The first-order valence-electron chi connectivity index (χ1n) is 7.45. The normalized spacial score (nSPS) is 20.3. The van der Waals surface area contributed by atoms with E-state index in [1.54, 1.807) is 23.0 Å². The van der Waals surface area contributed by atoms with Crippen LogP contribution in [0.15, 0.2) is 47.2 Å². The molecule has 1 aliphatic rings. The number of nitrogens with zero attached hydrogens (tertiary/aromatic N) is 2. The molecular weight excluding hydrogens is 296 g/mol. The van der Waals surface area contributed by atoms with Gasteiger partial charge in [0, 0.05) is 18.4 Å². The lowest BCUT2D eigenvalue weighted by Crippen LogP contribution is -2.46. The molecule has 0 aromatic carbocycles. The first-order valence-corrected chi connectivity index (χ1v) is 7.45. The Morgan fingerprint density at radius 2 is 2.17 bits per heavy atom. The van der Waals surface area contributed by atoms with Crippen molar-refractivity contribution in [2.75, 3.05) is 0 Å². The van der Waals surface area contributed by atoms with Crippen LogP contribution in [-0.2, 0) is 11.3 Å². The van der Waals surface area contributed by atoms with Gasteiger partial charge in [0.15, 0.2) is 5.76 Å². The summed E-state index contributed by atoms with van der Waals surface area (Å²) in [5, 5.41) is 6.92. The number of nitrogens with two attached hydrogens (primary N) is 1. The molecule has 0 radical (unpaired) electrons. The van der Waals surface area contributed by atoms with Crippen molar-refractivity contribution in [3.05, 3.63) is 54.3 Å². The van der Waals surface area contributed by atoms with E-state index in [0.29, 0.717) is 25.1 Å². The van der Waals surface area contributed by atoms with E-state index in [0.717, 1.165) is 0 Å². The topological polar surface area (TPSA) is 103 Å². The molecule has 0 bridgehead atoms. The largest absolute Gasteiger partial charge is 0.454 e. The highest BCUT2D eigenvalue weighted by atomic mass is 16.4. The predicted molar refractivity (Wildman–Crippen MR) is 82.3 cm³/mol. The second-order valence-corrected chi connectivity index (χ2v) is 5.50. The van der Waals surface area contributed by atoms with Crippen molar-refractivity contribution in [3.63, 3.8) is 0 Å². The Kier molecular flexibility index (Phi) is 4.27. The number of allylic oxidation sites excluding steroid dienone is 1. The maximum absolute atomic E-state index is 12.3. The molecule has 0 unspecified atom stereocenters. The van der Waals surface area contributed by atoms with Crippen molar-refractivity contribution in [1.29, 1.82) is 0 Å². The van der Waals surface area contributed by atoms with Crippen molar-refractivity contribution in [3.8, 4) is 0 Å². The van der Waals surface area contributed by atoms with Crippen LogP contribution in [0, 0.1) is 5.92 Å². The molecular formula is C16H18N4O3. The fraction of sp³-hybridized carbons (Fsp3) is 0.312. The summed E-state index contributed by atoms with van der Waals surface area (Å²) in [5.74, 6) is -0.289. The van der Waals surface area contributed by atoms with Crippen LogP contribution in [0.25, 0.3) is 0 Å². The minimum atomic E-state index is -0.404. The number of aromatic nitrogens is 2. The third-order valence-electron chi connectivity index (χ3n) is 3.88. The summed E-state index contributed by atoms with van der Waals surface area (Å²) in [6, 6.07) is 4.87. The molecule has 1 aliphatic carbocycles. The van der Waals surface area contributed by atoms with Crippen molar-refractivity contribution >= 4 is 11.8 Å². The standard InChI is InChI=1S/C16H18N4O3/c17-15(21)12-4-1-2-5-13(12)19-16(22)14-7-6-11(23-14)10-20-9-3-8-18-20/h1-3,6-9,12-13H,4-5,10H2,(H2,17,21)(H,19,22)/t12-,13-/m1/s1. The molecule has 3 rings (SSSR count). The summed E-state index contributed by atoms with van der Waals surface area (Å²) in [4.78, 5) is 23.8. The first-order chi connectivity index (χ1) is 11.1. The van der Waals surface area contributed by atoms with E-state index in [2.05, 4.69) is 10.4 Å². The highest BCUT2D eigenvalue weighted by Crippen LogP contribution is 2.19. The molecule has 2 aromatic rings. The molecule has 0 saturated carbocycles. The van der Waals surface area contributed by atoms with Gasteiger partial charge >= 0.3 is 0 Å². The predicted octanol–water partition coefficient (Wildman–Crippen LogP) is 1.07. The van der Waals surface area contributed by atoms with Gasteiger partial charge in [-0.05, 0) is 31.0 Å². The zero-order valence-electron chi connectivity index (χ0n) is 12.5. The Labute approximate surface area is 133 Å². The molecule has 2 aromatic heterocycles. The van der Waals surface area contributed by atoms with Crippen LogP contribution in [0.2, 0.25) is 0 Å². The van der Waals surface area contributed by atoms with Crippen LogP contribution in [0.1, 0.15) is 29.2 Å². The van der Waals surface area contributed by atoms with Crippen molar-refractivity contribution < 1.29 is 14.0 Å². The summed E-state index contributed by atoms with van der Waals surface area (Å²) in [5.41, 5.74) is 5.39. The molecule has 2 heterocycles. The molecule has 7 heteroatoms. The third kappa shape index (κ3) is 3.50. The Morgan fingerprint density at radius 1 is 1.35 bits per heavy atom. The first kappa shape index (κ1) is 15.1. The lowest BCUT2D eigenvalue weighted by atomic mass is 9.88. The molecule has 3 N–H and O–H groups in total. The highest BCUT2D eigenvalue weighted by molar-refractivity contribution is 5.92. The smallest absolute Gasteiger partial charge is 0.287 e. The molecule has 2 amide bonds. The van der Waals surface area contributed by atoms with Crippen LogP contribution in [-0.4, -0.2) is 27.6 Å².